The van der Waals surface area contributed by atoms with Gasteiger partial charge >= 0.3 is 6.03 Å². The third-order valence-electron chi connectivity index (χ3n) is 5.19. The number of hydrogen-bond donors (Lipinski definition) is 1. The molecule has 0 bridgehead atoms. The molecule has 1 aliphatic rings. The zero-order valence-corrected chi connectivity index (χ0v) is 16.2. The number of urea groups is 1. The van der Waals surface area contributed by atoms with Crippen LogP contribution in [-0.4, -0.2) is 30.0 Å². The molecule has 1 N–H and O–H groups in total. The molecule has 5 nitrogen and oxygen atoms in total. The quantitative estimate of drug-likeness (QED) is 0.655. The number of rotatable bonds is 6. The third kappa shape index (κ3) is 3.36. The Morgan fingerprint density at radius 3 is 1.97 bits per heavy atom. The molecule has 29 heavy (non-hydrogen) atoms. The minimum atomic E-state index is -1.23. The van der Waals surface area contributed by atoms with E-state index >= 15 is 0 Å². The molecule has 1 heterocycles. The maximum absolute atomic E-state index is 13.5. The van der Waals surface area contributed by atoms with Gasteiger partial charge in [-0.15, -0.1) is 0 Å². The van der Waals surface area contributed by atoms with Crippen LogP contribution in [0.5, 0.6) is 5.75 Å². The molecule has 0 radical (unpaired) electrons. The molecule has 0 unspecified atom stereocenters. The van der Waals surface area contributed by atoms with Crippen molar-refractivity contribution in [2.24, 2.45) is 0 Å². The highest BCUT2D eigenvalue weighted by molar-refractivity contribution is 6.09. The highest BCUT2D eigenvalue weighted by Crippen LogP contribution is 2.35. The summed E-state index contributed by atoms with van der Waals surface area (Å²) in [5.41, 5.74) is 1.23. The van der Waals surface area contributed by atoms with E-state index in [2.05, 4.69) is 5.32 Å². The standard InChI is InChI=1S/C24H22N2O3/c1-18-10-8-9-15-21(18)29-17-16-26-22(27)24(25-23(26)28,19-11-4-2-5-12-19)20-13-6-3-7-14-20/h2-15H,16-17H2,1H3,(H,25,28). The number of imide groups is 1. The summed E-state index contributed by atoms with van der Waals surface area (Å²) in [5.74, 6) is 0.449. The summed E-state index contributed by atoms with van der Waals surface area (Å²) in [7, 11) is 0. The Hall–Kier alpha value is -3.60. The van der Waals surface area contributed by atoms with Gasteiger partial charge < -0.3 is 10.1 Å². The lowest BCUT2D eigenvalue weighted by molar-refractivity contribution is -0.130. The van der Waals surface area contributed by atoms with E-state index in [1.54, 1.807) is 0 Å². The number of amides is 3. The largest absolute Gasteiger partial charge is 0.491 e. The average Bonchev–Trinajstić information content (AvgIpc) is 3.02. The molecule has 0 aliphatic carbocycles. The number of ether oxygens (including phenoxy) is 1. The second-order valence-electron chi connectivity index (χ2n) is 6.98. The van der Waals surface area contributed by atoms with Crippen LogP contribution in [0.4, 0.5) is 4.79 Å². The molecule has 0 saturated carbocycles. The molecule has 146 valence electrons. The maximum Gasteiger partial charge on any atom is 0.325 e. The number of carbonyl (C=O) groups is 2. The van der Waals surface area contributed by atoms with Crippen LogP contribution in [0.1, 0.15) is 16.7 Å². The molecule has 0 atom stereocenters. The fraction of sp³-hybridized carbons (Fsp3) is 0.167. The minimum absolute atomic E-state index is 0.167. The molecule has 5 heteroatoms. The molecule has 0 spiro atoms. The Balaban J connectivity index is 1.61. The van der Waals surface area contributed by atoms with Gasteiger partial charge in [-0.05, 0) is 29.7 Å². The first-order valence-corrected chi connectivity index (χ1v) is 9.56. The summed E-state index contributed by atoms with van der Waals surface area (Å²) >= 11 is 0. The number of nitrogens with zero attached hydrogens (tertiary/aromatic N) is 1. The van der Waals surface area contributed by atoms with Gasteiger partial charge in [0.25, 0.3) is 5.91 Å². The monoisotopic (exact) mass is 386 g/mol. The Morgan fingerprint density at radius 2 is 1.38 bits per heavy atom. The second kappa shape index (κ2) is 7.80. The van der Waals surface area contributed by atoms with Gasteiger partial charge in [-0.3, -0.25) is 9.69 Å². The van der Waals surface area contributed by atoms with E-state index in [-0.39, 0.29) is 19.1 Å². The van der Waals surface area contributed by atoms with Crippen molar-refractivity contribution in [1.29, 1.82) is 0 Å². The first kappa shape index (κ1) is 18.7. The highest BCUT2D eigenvalue weighted by Gasteiger charge is 2.53. The lowest BCUT2D eigenvalue weighted by Crippen LogP contribution is -2.45. The predicted molar refractivity (Wildman–Crippen MR) is 111 cm³/mol. The summed E-state index contributed by atoms with van der Waals surface area (Å²) in [6, 6.07) is 25.9. The van der Waals surface area contributed by atoms with Crippen LogP contribution in [0, 0.1) is 6.92 Å². The van der Waals surface area contributed by atoms with Crippen molar-refractivity contribution in [1.82, 2.24) is 10.2 Å². The molecule has 3 aromatic rings. The van der Waals surface area contributed by atoms with Gasteiger partial charge in [-0.25, -0.2) is 4.79 Å². The van der Waals surface area contributed by atoms with Crippen molar-refractivity contribution >= 4 is 11.9 Å². The molecule has 3 aromatic carbocycles. The van der Waals surface area contributed by atoms with Gasteiger partial charge in [0.1, 0.15) is 12.4 Å². The van der Waals surface area contributed by atoms with Gasteiger partial charge in [0.05, 0.1) is 6.54 Å². The summed E-state index contributed by atoms with van der Waals surface area (Å²) in [6.07, 6.45) is 0. The number of para-hydroxylation sites is 1. The molecule has 1 aliphatic heterocycles. The second-order valence-corrected chi connectivity index (χ2v) is 6.98. The molecule has 4 rings (SSSR count). The van der Waals surface area contributed by atoms with Crippen LogP contribution in [0.25, 0.3) is 0 Å². The Kier molecular flexibility index (Phi) is 5.04. The van der Waals surface area contributed by atoms with Crippen LogP contribution in [-0.2, 0) is 10.3 Å². The van der Waals surface area contributed by atoms with Gasteiger partial charge in [0, 0.05) is 0 Å². The van der Waals surface area contributed by atoms with Crippen molar-refractivity contribution in [3.05, 3.63) is 102 Å². The van der Waals surface area contributed by atoms with E-state index < -0.39 is 11.6 Å². The van der Waals surface area contributed by atoms with Crippen LogP contribution >= 0.6 is 0 Å². The van der Waals surface area contributed by atoms with Gasteiger partial charge in [-0.1, -0.05) is 78.9 Å². The van der Waals surface area contributed by atoms with Crippen LogP contribution in [0.3, 0.4) is 0 Å². The lowest BCUT2D eigenvalue weighted by atomic mass is 9.82. The zero-order valence-electron chi connectivity index (χ0n) is 16.2. The zero-order chi connectivity index (χ0) is 20.3. The topological polar surface area (TPSA) is 58.6 Å². The van der Waals surface area contributed by atoms with Crippen molar-refractivity contribution in [2.45, 2.75) is 12.5 Å². The fourth-order valence-corrected chi connectivity index (χ4v) is 3.68. The first-order chi connectivity index (χ1) is 14.1. The summed E-state index contributed by atoms with van der Waals surface area (Å²) in [5, 5.41) is 2.94. The highest BCUT2D eigenvalue weighted by atomic mass is 16.5. The van der Waals surface area contributed by atoms with Gasteiger partial charge in [0.15, 0.2) is 5.54 Å². The van der Waals surface area contributed by atoms with Crippen LogP contribution < -0.4 is 10.1 Å². The van der Waals surface area contributed by atoms with Crippen LogP contribution in [0.15, 0.2) is 84.9 Å². The van der Waals surface area contributed by atoms with E-state index in [1.807, 2.05) is 91.9 Å². The minimum Gasteiger partial charge on any atom is -0.491 e. The number of carbonyl (C=O) groups excluding carboxylic acids is 2. The van der Waals surface area contributed by atoms with Crippen molar-refractivity contribution in [2.75, 3.05) is 13.2 Å². The molecule has 0 aromatic heterocycles. The molecule has 3 amide bonds. The normalized spacial score (nSPS) is 15.3. The summed E-state index contributed by atoms with van der Waals surface area (Å²) in [6.45, 7) is 2.35. The molecule has 1 fully saturated rings. The number of aryl methyl sites for hydroxylation is 1. The maximum atomic E-state index is 13.5. The third-order valence-corrected chi connectivity index (χ3v) is 5.19. The van der Waals surface area contributed by atoms with Crippen molar-refractivity contribution < 1.29 is 14.3 Å². The molecular weight excluding hydrogens is 364 g/mol. The predicted octanol–water partition coefficient (Wildman–Crippen LogP) is 3.87. The number of benzene rings is 3. The van der Waals surface area contributed by atoms with E-state index in [1.165, 1.54) is 4.90 Å². The smallest absolute Gasteiger partial charge is 0.325 e. The van der Waals surface area contributed by atoms with Gasteiger partial charge in [-0.2, -0.15) is 0 Å². The van der Waals surface area contributed by atoms with Crippen LogP contribution in [0.2, 0.25) is 0 Å². The van der Waals surface area contributed by atoms with E-state index in [0.29, 0.717) is 0 Å². The van der Waals surface area contributed by atoms with Gasteiger partial charge in [0.2, 0.25) is 0 Å². The van der Waals surface area contributed by atoms with Crippen molar-refractivity contribution in [3.63, 3.8) is 0 Å². The Bertz CT molecular complexity index is 979. The lowest BCUT2D eigenvalue weighted by Gasteiger charge is -2.28. The average molecular weight is 386 g/mol. The SMILES string of the molecule is Cc1ccccc1OCCN1C(=O)NC(c2ccccc2)(c2ccccc2)C1=O. The Labute approximate surface area is 169 Å². The molecular formula is C24H22N2O3. The fourth-order valence-electron chi connectivity index (χ4n) is 3.68. The number of nitrogens with one attached hydrogen (secondary N) is 1. The summed E-state index contributed by atoms with van der Waals surface area (Å²) < 4.78 is 5.80. The van der Waals surface area contributed by atoms with E-state index in [4.69, 9.17) is 4.74 Å². The van der Waals surface area contributed by atoms with E-state index in [9.17, 15) is 9.59 Å². The van der Waals surface area contributed by atoms with Crippen molar-refractivity contribution in [3.8, 4) is 5.75 Å². The van der Waals surface area contributed by atoms with E-state index in [0.717, 1.165) is 22.4 Å². The Morgan fingerprint density at radius 1 is 0.828 bits per heavy atom. The first-order valence-electron chi connectivity index (χ1n) is 9.56. The molecule has 1 saturated heterocycles. The number of hydrogen-bond acceptors (Lipinski definition) is 3. The summed E-state index contributed by atoms with van der Waals surface area (Å²) in [4.78, 5) is 27.6.